The second kappa shape index (κ2) is 11.8. The van der Waals surface area contributed by atoms with Gasteiger partial charge in [0.15, 0.2) is 0 Å². The van der Waals surface area contributed by atoms with E-state index in [2.05, 4.69) is 180 Å². The molecule has 2 atom stereocenters. The highest BCUT2D eigenvalue weighted by atomic mass is 14.9. The molecule has 3 aliphatic rings. The van der Waals surface area contributed by atoms with Crippen LogP contribution in [0, 0.1) is 0 Å². The number of H-pyrrole nitrogens is 2. The van der Waals surface area contributed by atoms with Gasteiger partial charge in [-0.3, -0.25) is 4.99 Å². The van der Waals surface area contributed by atoms with Gasteiger partial charge in [0.25, 0.3) is 0 Å². The van der Waals surface area contributed by atoms with Gasteiger partial charge in [-0.25, -0.2) is 4.99 Å². The number of benzene rings is 4. The van der Waals surface area contributed by atoms with E-state index < -0.39 is 0 Å². The van der Waals surface area contributed by atoms with Crippen molar-refractivity contribution >= 4 is 28.1 Å². The predicted molar refractivity (Wildman–Crippen MR) is 196 cm³/mol. The van der Waals surface area contributed by atoms with Gasteiger partial charge in [-0.1, -0.05) is 127 Å². The summed E-state index contributed by atoms with van der Waals surface area (Å²) in [4.78, 5) is 18.5. The van der Waals surface area contributed by atoms with E-state index in [4.69, 9.17) is 9.98 Å². The van der Waals surface area contributed by atoms with Gasteiger partial charge >= 0.3 is 0 Å². The molecule has 0 spiro atoms. The summed E-state index contributed by atoms with van der Waals surface area (Å²) in [6.45, 7) is 0. The van der Waals surface area contributed by atoms with Crippen molar-refractivity contribution in [3.05, 3.63) is 220 Å². The first kappa shape index (κ1) is 28.0. The number of rotatable bonds is 4. The van der Waals surface area contributed by atoms with Gasteiger partial charge in [0.05, 0.1) is 29.1 Å². The number of hydrogen-bond donors (Lipinski definition) is 2. The molecule has 5 heterocycles. The van der Waals surface area contributed by atoms with Gasteiger partial charge in [0.2, 0.25) is 0 Å². The van der Waals surface area contributed by atoms with Crippen molar-refractivity contribution in [2.24, 2.45) is 9.98 Å². The monoisotopic (exact) mass is 616 g/mol. The summed E-state index contributed by atoms with van der Waals surface area (Å²) in [7, 11) is 0. The Hall–Kier alpha value is -6.26. The topological polar surface area (TPSA) is 56.3 Å². The van der Waals surface area contributed by atoms with Crippen molar-refractivity contribution in [2.75, 3.05) is 0 Å². The lowest BCUT2D eigenvalue weighted by Crippen LogP contribution is -2.21. The van der Waals surface area contributed by atoms with Crippen molar-refractivity contribution in [1.82, 2.24) is 9.97 Å². The Morgan fingerprint density at radius 2 is 1.02 bits per heavy atom. The smallest absolute Gasteiger partial charge is 0.0814 e. The first-order valence-electron chi connectivity index (χ1n) is 16.4. The standard InChI is InChI=1S/C44H32N4/c1-5-13-29(14-6-1)41-33-21-23-35(45-33)42(30-15-7-2-8-16-30)37-25-27-39(47-37)44(32-19-11-4-12-20-32)40-28-26-38(48-40)43(31-17-9-3-10-18-31)36-24-22-34(41)46-36/h1-28,33,41,46-47H/b42-37-,43-38-,44-39?. The molecule has 4 heteroatoms. The molecule has 4 aromatic carbocycles. The Bertz CT molecular complexity index is 2420. The summed E-state index contributed by atoms with van der Waals surface area (Å²) >= 11 is 0. The third-order valence-corrected chi connectivity index (χ3v) is 9.37. The van der Waals surface area contributed by atoms with Crippen LogP contribution in [0.3, 0.4) is 0 Å². The first-order valence-corrected chi connectivity index (χ1v) is 16.4. The zero-order valence-corrected chi connectivity index (χ0v) is 26.2. The Morgan fingerprint density at radius 3 is 1.65 bits per heavy atom. The normalized spacial score (nSPS) is 21.0. The molecule has 2 unspecified atom stereocenters. The minimum Gasteiger partial charge on any atom is -0.358 e. The van der Waals surface area contributed by atoms with Crippen molar-refractivity contribution in [2.45, 2.75) is 12.0 Å². The molecule has 8 bridgehead atoms. The molecule has 48 heavy (non-hydrogen) atoms. The Labute approximate surface area is 279 Å². The molecule has 0 aliphatic carbocycles. The molecule has 6 aromatic rings. The zero-order valence-electron chi connectivity index (χ0n) is 26.2. The molecular weight excluding hydrogens is 585 g/mol. The number of nitrogens with one attached hydrogen (secondary N) is 2. The molecule has 0 saturated heterocycles. The first-order chi connectivity index (χ1) is 23.8. The minimum atomic E-state index is -0.0924. The van der Waals surface area contributed by atoms with Gasteiger partial charge < -0.3 is 9.97 Å². The fraction of sp³-hybridized carbons (Fsp3) is 0.0455. The zero-order chi connectivity index (χ0) is 31.9. The molecule has 2 aromatic heterocycles. The summed E-state index contributed by atoms with van der Waals surface area (Å²) in [6.07, 6.45) is 8.74. The SMILES string of the molecule is C1=C/C2=C(\c3ccccc3)c3ccc([nH]3)C(c3ccccc3)C3C=CC(=N3)/C(c3ccccc3)=c3/ccc([nH]3)=C(c3ccccc3)C1=N2. The van der Waals surface area contributed by atoms with E-state index >= 15 is 0 Å². The van der Waals surface area contributed by atoms with E-state index in [9.17, 15) is 0 Å². The summed E-state index contributed by atoms with van der Waals surface area (Å²) in [5.41, 5.74) is 12.7. The summed E-state index contributed by atoms with van der Waals surface area (Å²) in [5, 5.41) is 2.02. The fourth-order valence-corrected chi connectivity index (χ4v) is 7.20. The largest absolute Gasteiger partial charge is 0.358 e. The maximum atomic E-state index is 5.47. The highest BCUT2D eigenvalue weighted by Crippen LogP contribution is 2.37. The molecule has 0 fully saturated rings. The number of nitrogens with zero attached hydrogens (tertiary/aromatic N) is 2. The number of aromatic amines is 2. The van der Waals surface area contributed by atoms with Crippen LogP contribution in [0.15, 0.2) is 186 Å². The van der Waals surface area contributed by atoms with Crippen LogP contribution in [-0.4, -0.2) is 27.4 Å². The highest BCUT2D eigenvalue weighted by molar-refractivity contribution is 6.31. The van der Waals surface area contributed by atoms with E-state index in [0.29, 0.717) is 0 Å². The molecule has 0 radical (unpaired) electrons. The summed E-state index contributed by atoms with van der Waals surface area (Å²) in [5.74, 6) is -0.00365. The average molecular weight is 617 g/mol. The molecule has 0 saturated carbocycles. The predicted octanol–water partition coefficient (Wildman–Crippen LogP) is 7.74. The molecule has 2 N–H and O–H groups in total. The van der Waals surface area contributed by atoms with Crippen LogP contribution in [0.25, 0.3) is 16.7 Å². The highest BCUT2D eigenvalue weighted by Gasteiger charge is 2.29. The van der Waals surface area contributed by atoms with Gasteiger partial charge in [-0.15, -0.1) is 0 Å². The maximum absolute atomic E-state index is 5.47. The van der Waals surface area contributed by atoms with Crippen LogP contribution >= 0.6 is 0 Å². The van der Waals surface area contributed by atoms with Crippen LogP contribution in [0.4, 0.5) is 0 Å². The molecule has 9 rings (SSSR count). The third kappa shape index (κ3) is 4.95. The average Bonchev–Trinajstić information content (AvgIpc) is 3.98. The molecule has 0 amide bonds. The van der Waals surface area contributed by atoms with Crippen LogP contribution in [0.5, 0.6) is 0 Å². The number of aromatic nitrogens is 2. The quantitative estimate of drug-likeness (QED) is 0.204. The van der Waals surface area contributed by atoms with Crippen LogP contribution in [-0.2, 0) is 0 Å². The third-order valence-electron chi connectivity index (χ3n) is 9.37. The lowest BCUT2D eigenvalue weighted by atomic mass is 9.89. The van der Waals surface area contributed by atoms with Gasteiger partial charge in [0, 0.05) is 38.8 Å². The molecule has 3 aliphatic heterocycles. The lowest BCUT2D eigenvalue weighted by molar-refractivity contribution is 0.695. The van der Waals surface area contributed by atoms with E-state index in [-0.39, 0.29) is 12.0 Å². The van der Waals surface area contributed by atoms with Gasteiger partial charge in [0.1, 0.15) is 0 Å². The van der Waals surface area contributed by atoms with E-state index in [1.807, 2.05) is 0 Å². The number of hydrogen-bond acceptors (Lipinski definition) is 2. The molecule has 4 nitrogen and oxygen atoms in total. The van der Waals surface area contributed by atoms with Gasteiger partial charge in [-0.2, -0.15) is 0 Å². The van der Waals surface area contributed by atoms with E-state index in [1.165, 1.54) is 5.56 Å². The van der Waals surface area contributed by atoms with Crippen LogP contribution in [0.2, 0.25) is 0 Å². The van der Waals surface area contributed by atoms with E-state index in [1.54, 1.807) is 0 Å². The van der Waals surface area contributed by atoms with Crippen molar-refractivity contribution < 1.29 is 0 Å². The maximum Gasteiger partial charge on any atom is 0.0814 e. The molecular formula is C44H32N4. The Balaban J connectivity index is 1.38. The molecule has 228 valence electrons. The summed E-state index contributed by atoms with van der Waals surface area (Å²) in [6, 6.07) is 51.0. The second-order valence-corrected chi connectivity index (χ2v) is 12.3. The van der Waals surface area contributed by atoms with Crippen molar-refractivity contribution in [3.8, 4) is 0 Å². The van der Waals surface area contributed by atoms with Crippen LogP contribution in [0.1, 0.15) is 39.6 Å². The lowest BCUT2D eigenvalue weighted by Gasteiger charge is -2.21. The van der Waals surface area contributed by atoms with Crippen molar-refractivity contribution in [3.63, 3.8) is 0 Å². The second-order valence-electron chi connectivity index (χ2n) is 12.3. The number of fused-ring (bicyclic) bond motifs is 6. The van der Waals surface area contributed by atoms with Gasteiger partial charge in [-0.05, 0) is 64.7 Å². The minimum absolute atomic E-state index is 0.00365. The fourth-order valence-electron chi connectivity index (χ4n) is 7.20. The van der Waals surface area contributed by atoms with Crippen LogP contribution < -0.4 is 10.7 Å². The van der Waals surface area contributed by atoms with Crippen molar-refractivity contribution in [1.29, 1.82) is 0 Å². The number of allylic oxidation sites excluding steroid dienone is 3. The summed E-state index contributed by atoms with van der Waals surface area (Å²) < 4.78 is 0. The Kier molecular flexibility index (Phi) is 6.90. The van der Waals surface area contributed by atoms with E-state index in [0.717, 1.165) is 72.6 Å². The Morgan fingerprint density at radius 1 is 0.458 bits per heavy atom. The number of aliphatic imine (C=N–C) groups is 2.